The highest BCUT2D eigenvalue weighted by Crippen LogP contribution is 2.23. The molecule has 1 heterocycles. The molecule has 0 aromatic carbocycles. The van der Waals surface area contributed by atoms with Gasteiger partial charge in [0.05, 0.1) is 12.3 Å². The molecule has 100 valence electrons. The molecule has 1 N–H and O–H groups in total. The van der Waals surface area contributed by atoms with Crippen molar-refractivity contribution in [1.82, 2.24) is 4.98 Å². The second-order valence-electron chi connectivity index (χ2n) is 3.46. The zero-order chi connectivity index (χ0) is 13.8. The molecule has 6 nitrogen and oxygen atoms in total. The minimum Gasteiger partial charge on any atom is -0.465 e. The maximum atomic E-state index is 11.7. The molecule has 0 atom stereocenters. The number of aryl methyl sites for hydroxylation is 1. The van der Waals surface area contributed by atoms with Crippen molar-refractivity contribution in [3.63, 3.8) is 0 Å². The molecule has 0 radical (unpaired) electrons. The number of halogens is 1. The van der Waals surface area contributed by atoms with Crippen LogP contribution in [0.5, 0.6) is 0 Å². The highest BCUT2D eigenvalue weighted by molar-refractivity contribution is 7.93. The SMILES string of the molecule is CCOC(=O)CS(=O)(=O)Nc1c(C)ccnc1Cl. The van der Waals surface area contributed by atoms with Crippen molar-refractivity contribution in [1.29, 1.82) is 0 Å². The predicted molar refractivity (Wildman–Crippen MR) is 68.0 cm³/mol. The normalized spacial score (nSPS) is 11.1. The summed E-state index contributed by atoms with van der Waals surface area (Å²) in [5.74, 6) is -1.58. The summed E-state index contributed by atoms with van der Waals surface area (Å²) >= 11 is 5.78. The Bertz CT molecular complexity index is 525. The molecule has 18 heavy (non-hydrogen) atoms. The molecule has 0 fully saturated rings. The summed E-state index contributed by atoms with van der Waals surface area (Å²) in [6.45, 7) is 3.40. The fraction of sp³-hybridized carbons (Fsp3) is 0.400. The number of rotatable bonds is 5. The molecule has 0 unspecified atom stereocenters. The van der Waals surface area contributed by atoms with Crippen LogP contribution in [0.2, 0.25) is 5.15 Å². The lowest BCUT2D eigenvalue weighted by Crippen LogP contribution is -2.25. The lowest BCUT2D eigenvalue weighted by atomic mass is 10.3. The van der Waals surface area contributed by atoms with Crippen molar-refractivity contribution < 1.29 is 17.9 Å². The average Bonchev–Trinajstić information content (AvgIpc) is 2.23. The standard InChI is InChI=1S/C10H13ClN2O4S/c1-3-17-8(14)6-18(15,16)13-9-7(2)4-5-12-10(9)11/h4-5,13H,3,6H2,1-2H3. The Balaban J connectivity index is 2.86. The number of pyridine rings is 1. The van der Waals surface area contributed by atoms with Gasteiger partial charge in [-0.2, -0.15) is 0 Å². The zero-order valence-electron chi connectivity index (χ0n) is 9.94. The number of nitrogens with one attached hydrogen (secondary N) is 1. The van der Waals surface area contributed by atoms with Crippen molar-refractivity contribution in [2.45, 2.75) is 13.8 Å². The summed E-state index contributed by atoms with van der Waals surface area (Å²) in [5.41, 5.74) is 0.783. The Kier molecular flexibility index (Phi) is 4.92. The topological polar surface area (TPSA) is 85.4 Å². The Morgan fingerprint density at radius 1 is 1.56 bits per heavy atom. The first-order valence-corrected chi connectivity index (χ1v) is 7.16. The van der Waals surface area contributed by atoms with Gasteiger partial charge in [-0.05, 0) is 25.5 Å². The van der Waals surface area contributed by atoms with Gasteiger partial charge in [-0.15, -0.1) is 0 Å². The number of hydrogen-bond acceptors (Lipinski definition) is 5. The smallest absolute Gasteiger partial charge is 0.323 e. The number of aromatic nitrogens is 1. The number of nitrogens with zero attached hydrogens (tertiary/aromatic N) is 1. The van der Waals surface area contributed by atoms with Gasteiger partial charge in [0, 0.05) is 6.20 Å². The van der Waals surface area contributed by atoms with Crippen LogP contribution in [0.4, 0.5) is 5.69 Å². The van der Waals surface area contributed by atoms with E-state index in [1.807, 2.05) is 0 Å². The van der Waals surface area contributed by atoms with Crippen molar-refractivity contribution >= 4 is 33.3 Å². The van der Waals surface area contributed by atoms with Gasteiger partial charge >= 0.3 is 5.97 Å². The van der Waals surface area contributed by atoms with Crippen LogP contribution >= 0.6 is 11.6 Å². The molecule has 0 saturated heterocycles. The molecule has 0 saturated carbocycles. The number of esters is 1. The maximum Gasteiger partial charge on any atom is 0.323 e. The first-order chi connectivity index (χ1) is 8.35. The van der Waals surface area contributed by atoms with E-state index in [0.29, 0.717) is 5.56 Å². The minimum absolute atomic E-state index is 0.0300. The van der Waals surface area contributed by atoms with Crippen LogP contribution in [0.3, 0.4) is 0 Å². The fourth-order valence-electron chi connectivity index (χ4n) is 1.20. The maximum absolute atomic E-state index is 11.7. The highest BCUT2D eigenvalue weighted by Gasteiger charge is 2.19. The third kappa shape index (κ3) is 4.15. The van der Waals surface area contributed by atoms with E-state index < -0.39 is 21.7 Å². The van der Waals surface area contributed by atoms with Crippen LogP contribution in [0.25, 0.3) is 0 Å². The molecule has 1 aromatic heterocycles. The first-order valence-electron chi connectivity index (χ1n) is 5.13. The molecule has 0 aliphatic rings. The molecule has 0 amide bonds. The van der Waals surface area contributed by atoms with Gasteiger partial charge in [-0.25, -0.2) is 13.4 Å². The van der Waals surface area contributed by atoms with Crippen LogP contribution < -0.4 is 4.72 Å². The summed E-state index contributed by atoms with van der Waals surface area (Å²) in [6.07, 6.45) is 1.46. The monoisotopic (exact) mass is 292 g/mol. The van der Waals surface area contributed by atoms with E-state index in [4.69, 9.17) is 11.6 Å². The number of hydrogen-bond donors (Lipinski definition) is 1. The van der Waals surface area contributed by atoms with E-state index in [1.54, 1.807) is 19.9 Å². The molecule has 0 spiro atoms. The van der Waals surface area contributed by atoms with Gasteiger partial charge in [-0.3, -0.25) is 9.52 Å². The molecule has 0 aliphatic carbocycles. The van der Waals surface area contributed by atoms with Gasteiger partial charge in [0.25, 0.3) is 0 Å². The Labute approximate surface area is 110 Å². The van der Waals surface area contributed by atoms with E-state index in [2.05, 4.69) is 14.4 Å². The van der Waals surface area contributed by atoms with E-state index >= 15 is 0 Å². The molecule has 1 aromatic rings. The first kappa shape index (κ1) is 14.7. The minimum atomic E-state index is -3.85. The molecule has 0 aliphatic heterocycles. The van der Waals surface area contributed by atoms with Crippen LogP contribution in [-0.2, 0) is 19.6 Å². The largest absolute Gasteiger partial charge is 0.465 e. The zero-order valence-corrected chi connectivity index (χ0v) is 11.5. The average molecular weight is 293 g/mol. The Hall–Kier alpha value is -1.34. The summed E-state index contributed by atoms with van der Waals surface area (Å²) in [4.78, 5) is 14.9. The van der Waals surface area contributed by atoms with E-state index in [9.17, 15) is 13.2 Å². The van der Waals surface area contributed by atoms with Crippen molar-refractivity contribution in [3.05, 3.63) is 23.0 Å². The highest BCUT2D eigenvalue weighted by atomic mass is 35.5. The number of carbonyl (C=O) groups is 1. The van der Waals surface area contributed by atoms with Crippen LogP contribution in [0.1, 0.15) is 12.5 Å². The lowest BCUT2D eigenvalue weighted by molar-refractivity contribution is -0.139. The number of sulfonamides is 1. The van der Waals surface area contributed by atoms with Gasteiger partial charge in [0.2, 0.25) is 10.0 Å². The number of anilines is 1. The van der Waals surface area contributed by atoms with Gasteiger partial charge in [0.1, 0.15) is 0 Å². The van der Waals surface area contributed by atoms with Crippen molar-refractivity contribution in [3.8, 4) is 0 Å². The second-order valence-corrected chi connectivity index (χ2v) is 5.54. The molecular formula is C10H13ClN2O4S. The Morgan fingerprint density at radius 3 is 2.78 bits per heavy atom. The number of carbonyl (C=O) groups excluding carboxylic acids is 1. The molecule has 8 heteroatoms. The fourth-order valence-corrected chi connectivity index (χ4v) is 2.54. The van der Waals surface area contributed by atoms with E-state index in [0.717, 1.165) is 0 Å². The Morgan fingerprint density at radius 2 is 2.22 bits per heavy atom. The summed E-state index contributed by atoms with van der Waals surface area (Å²) in [6, 6.07) is 1.61. The molecular weight excluding hydrogens is 280 g/mol. The molecule has 0 bridgehead atoms. The van der Waals surface area contributed by atoms with Crippen molar-refractivity contribution in [2.24, 2.45) is 0 Å². The summed E-state index contributed by atoms with van der Waals surface area (Å²) in [5, 5.41) is 0.0300. The summed E-state index contributed by atoms with van der Waals surface area (Å²) in [7, 11) is -3.85. The van der Waals surface area contributed by atoms with Crippen LogP contribution in [0.15, 0.2) is 12.3 Å². The van der Waals surface area contributed by atoms with Gasteiger partial charge in [0.15, 0.2) is 10.9 Å². The predicted octanol–water partition coefficient (Wildman–Crippen LogP) is 1.35. The van der Waals surface area contributed by atoms with Gasteiger partial charge in [-0.1, -0.05) is 11.6 Å². The van der Waals surface area contributed by atoms with E-state index in [1.165, 1.54) is 6.20 Å². The number of ether oxygens (including phenoxy) is 1. The third-order valence-corrected chi connectivity index (χ3v) is 3.40. The quantitative estimate of drug-likeness (QED) is 0.654. The third-order valence-electron chi connectivity index (χ3n) is 1.98. The molecule has 1 rings (SSSR count). The second kappa shape index (κ2) is 6.01. The lowest BCUT2D eigenvalue weighted by Gasteiger charge is -2.10. The van der Waals surface area contributed by atoms with Crippen LogP contribution in [-0.4, -0.2) is 31.7 Å². The van der Waals surface area contributed by atoms with Crippen LogP contribution in [0, 0.1) is 6.92 Å². The van der Waals surface area contributed by atoms with Gasteiger partial charge < -0.3 is 4.74 Å². The summed E-state index contributed by atoms with van der Waals surface area (Å²) < 4.78 is 30.2. The van der Waals surface area contributed by atoms with E-state index in [-0.39, 0.29) is 17.4 Å². The van der Waals surface area contributed by atoms with Crippen molar-refractivity contribution in [2.75, 3.05) is 17.1 Å².